The predicted octanol–water partition coefficient (Wildman–Crippen LogP) is -12.4. The van der Waals surface area contributed by atoms with Crippen molar-refractivity contribution < 1.29 is 125 Å². The molecule has 0 spiro atoms. The normalized spacial score (nSPS) is 9.30. The number of rotatable bonds is 11. The van der Waals surface area contributed by atoms with Crippen molar-refractivity contribution in [3.8, 4) is 0 Å². The zero-order chi connectivity index (χ0) is 15.7. The van der Waals surface area contributed by atoms with Crippen LogP contribution < -0.4 is 90.8 Å². The Kier molecular flexibility index (Phi) is 23.3. The van der Waals surface area contributed by atoms with Gasteiger partial charge in [0.05, 0.1) is 25.6 Å². The van der Waals surface area contributed by atoms with Crippen LogP contribution in [0.2, 0.25) is 0 Å². The molecule has 0 aromatic rings. The van der Waals surface area contributed by atoms with Crippen molar-refractivity contribution in [2.24, 2.45) is 0 Å². The van der Waals surface area contributed by atoms with E-state index < -0.39 is 50.1 Å². The van der Waals surface area contributed by atoms with Crippen LogP contribution in [0.1, 0.15) is 0 Å². The molecule has 0 saturated carbocycles. The van der Waals surface area contributed by atoms with Crippen LogP contribution in [0.3, 0.4) is 0 Å². The van der Waals surface area contributed by atoms with E-state index in [0.717, 1.165) is 9.80 Å². The topological polar surface area (TPSA) is 159 Å². The van der Waals surface area contributed by atoms with Crippen LogP contribution in [0.4, 0.5) is 0 Å². The van der Waals surface area contributed by atoms with Crippen LogP contribution in [0.5, 0.6) is 0 Å². The molecule has 0 amide bonds. The molecule has 0 aliphatic rings. The molecule has 0 aliphatic carbocycles. The second-order valence-corrected chi connectivity index (χ2v) is 3.97. The number of aliphatic carboxylic acids is 4. The number of carbonyl (C=O) groups is 4. The van der Waals surface area contributed by atoms with Crippen LogP contribution >= 0.6 is 0 Å². The van der Waals surface area contributed by atoms with Gasteiger partial charge in [0.1, 0.15) is 0 Å². The molecule has 10 nitrogen and oxygen atoms in total. The number of hydrogen-bond acceptors (Lipinski definition) is 7. The van der Waals surface area contributed by atoms with Gasteiger partial charge in [0.2, 0.25) is 0 Å². The zero-order valence-electron chi connectivity index (χ0n) is 12.9. The van der Waals surface area contributed by atoms with Gasteiger partial charge in [-0.05, 0) is 0 Å². The third-order valence-electron chi connectivity index (χ3n) is 2.16. The Balaban J connectivity index is -0.000000602. The fourth-order valence-electron chi connectivity index (χ4n) is 1.47. The van der Waals surface area contributed by atoms with Crippen molar-refractivity contribution in [3.63, 3.8) is 0 Å². The fourth-order valence-corrected chi connectivity index (χ4v) is 1.47. The van der Waals surface area contributed by atoms with E-state index in [4.69, 9.17) is 15.3 Å². The standard InChI is InChI=1S/C10H16N2O8.FH.K.Na/c13-7(14)3-11(4-8(15)16)1-2-12(5-9(17)18)6-10(19)20;;;/h1-6H2,(H,13,14)(H,15,16)(H,17,18)(H,19,20);1H;;/q;;2*+1/p-2. The van der Waals surface area contributed by atoms with Crippen molar-refractivity contribution in [3.05, 3.63) is 0 Å². The Morgan fingerprint density at radius 2 is 1.00 bits per heavy atom. The molecule has 13 heteroatoms. The van der Waals surface area contributed by atoms with Crippen molar-refractivity contribution in [1.82, 2.24) is 9.80 Å². The number of carboxylic acids is 4. The molecule has 0 saturated heterocycles. The van der Waals surface area contributed by atoms with Crippen molar-refractivity contribution in [1.29, 1.82) is 0 Å². The van der Waals surface area contributed by atoms with E-state index in [-0.39, 0.29) is 98.7 Å². The number of carbonyl (C=O) groups excluding carboxylic acids is 1. The Hall–Kier alpha value is 0.366. The molecule has 0 fully saturated rings. The molecular formula is C10H15FKN2NaO8. The fraction of sp³-hybridized carbons (Fsp3) is 0.600. The molecule has 23 heavy (non-hydrogen) atoms. The number of carboxylic acid groups (broad SMARTS) is 4. The van der Waals surface area contributed by atoms with Crippen LogP contribution in [0.25, 0.3) is 0 Å². The third-order valence-corrected chi connectivity index (χ3v) is 2.16. The largest absolute Gasteiger partial charge is 1.00 e. The molecule has 0 aromatic carbocycles. The number of halogens is 1. The first-order valence-electron chi connectivity index (χ1n) is 5.50. The summed E-state index contributed by atoms with van der Waals surface area (Å²) in [6, 6.07) is 0. The second kappa shape index (κ2) is 17.2. The average molecular weight is 372 g/mol. The molecule has 0 aromatic heterocycles. The Bertz CT molecular complexity index is 333. The predicted molar refractivity (Wildman–Crippen MR) is 60.8 cm³/mol. The van der Waals surface area contributed by atoms with E-state index in [1.807, 2.05) is 0 Å². The summed E-state index contributed by atoms with van der Waals surface area (Å²) in [5, 5.41) is 36.3. The van der Waals surface area contributed by atoms with Gasteiger partial charge in [-0.25, -0.2) is 0 Å². The van der Waals surface area contributed by atoms with Gasteiger partial charge in [0, 0.05) is 19.6 Å². The van der Waals surface area contributed by atoms with Gasteiger partial charge in [-0.2, -0.15) is 0 Å². The maximum atomic E-state index is 10.5. The summed E-state index contributed by atoms with van der Waals surface area (Å²) >= 11 is 0. The summed E-state index contributed by atoms with van der Waals surface area (Å²) < 4.78 is 0. The molecule has 0 aliphatic heterocycles. The molecule has 0 rings (SSSR count). The minimum absolute atomic E-state index is 0. The molecule has 0 atom stereocenters. The van der Waals surface area contributed by atoms with E-state index in [0.29, 0.717) is 0 Å². The summed E-state index contributed by atoms with van der Waals surface area (Å²) in [6.07, 6.45) is 0. The Morgan fingerprint density at radius 1 is 0.739 bits per heavy atom. The van der Waals surface area contributed by atoms with Gasteiger partial charge in [-0.15, -0.1) is 0 Å². The van der Waals surface area contributed by atoms with E-state index >= 15 is 0 Å². The quantitative estimate of drug-likeness (QED) is 0.297. The van der Waals surface area contributed by atoms with Gasteiger partial charge in [0.15, 0.2) is 0 Å². The van der Waals surface area contributed by atoms with Crippen LogP contribution in [0.15, 0.2) is 0 Å². The average Bonchev–Trinajstić information content (AvgIpc) is 2.22. The van der Waals surface area contributed by atoms with E-state index in [2.05, 4.69) is 0 Å². The summed E-state index contributed by atoms with van der Waals surface area (Å²) in [6.45, 7) is -2.50. The first kappa shape index (κ1) is 31.2. The first-order chi connectivity index (χ1) is 9.20. The smallest absolute Gasteiger partial charge is 1.00 e. The molecule has 0 bridgehead atoms. The monoisotopic (exact) mass is 372 g/mol. The molecule has 122 valence electrons. The number of hydrogen-bond donors (Lipinski definition) is 3. The van der Waals surface area contributed by atoms with Crippen molar-refractivity contribution in [2.45, 2.75) is 0 Å². The molecular weight excluding hydrogens is 357 g/mol. The zero-order valence-corrected chi connectivity index (χ0v) is 18.0. The van der Waals surface area contributed by atoms with E-state index in [1.54, 1.807) is 0 Å². The van der Waals surface area contributed by atoms with Gasteiger partial charge in [0.25, 0.3) is 0 Å². The van der Waals surface area contributed by atoms with Crippen LogP contribution in [0, 0.1) is 0 Å². The van der Waals surface area contributed by atoms with Gasteiger partial charge < -0.3 is 29.9 Å². The summed E-state index contributed by atoms with van der Waals surface area (Å²) in [4.78, 5) is 44.1. The van der Waals surface area contributed by atoms with Gasteiger partial charge >= 0.3 is 98.8 Å². The minimum atomic E-state index is -1.48. The first-order valence-corrected chi connectivity index (χ1v) is 5.50. The third kappa shape index (κ3) is 20.3. The SMILES string of the molecule is O=C([O-])CN(CCN(CC(=O)O)CC(=O)O)CC(=O)O.[F-].[K+].[Na+]. The molecule has 3 N–H and O–H groups in total. The number of nitrogens with zero attached hydrogens (tertiary/aromatic N) is 2. The molecule has 0 unspecified atom stereocenters. The molecule has 0 heterocycles. The summed E-state index contributed by atoms with van der Waals surface area (Å²) in [5.41, 5.74) is 0. The van der Waals surface area contributed by atoms with E-state index in [1.165, 1.54) is 0 Å². The van der Waals surface area contributed by atoms with Gasteiger partial charge in [-0.1, -0.05) is 0 Å². The molecule has 0 radical (unpaired) electrons. The van der Waals surface area contributed by atoms with E-state index in [9.17, 15) is 24.3 Å². The Labute approximate surface area is 195 Å². The summed E-state index contributed by atoms with van der Waals surface area (Å²) in [5.74, 6) is -5.21. The van der Waals surface area contributed by atoms with Crippen LogP contribution in [-0.2, 0) is 19.2 Å². The van der Waals surface area contributed by atoms with Crippen molar-refractivity contribution in [2.75, 3.05) is 39.3 Å². The minimum Gasteiger partial charge on any atom is -1.00 e. The van der Waals surface area contributed by atoms with Crippen molar-refractivity contribution >= 4 is 23.9 Å². The summed E-state index contributed by atoms with van der Waals surface area (Å²) in [7, 11) is 0. The second-order valence-electron chi connectivity index (χ2n) is 3.97. The van der Waals surface area contributed by atoms with Gasteiger partial charge in [-0.3, -0.25) is 24.2 Å². The maximum absolute atomic E-state index is 10.5. The van der Waals surface area contributed by atoms with Crippen LogP contribution in [-0.4, -0.2) is 88.3 Å². The Morgan fingerprint density at radius 3 is 1.22 bits per heavy atom. The maximum Gasteiger partial charge on any atom is 1.00 e.